The van der Waals surface area contributed by atoms with Gasteiger partial charge in [0, 0.05) is 24.6 Å². The lowest BCUT2D eigenvalue weighted by Gasteiger charge is -1.97. The second-order valence-electron chi connectivity index (χ2n) is 1.89. The zero-order valence-corrected chi connectivity index (χ0v) is 7.32. The van der Waals surface area contributed by atoms with Crippen LogP contribution in [0.4, 0.5) is 0 Å². The Kier molecular flexibility index (Phi) is 3.71. The summed E-state index contributed by atoms with van der Waals surface area (Å²) in [5.74, 6) is 0. The molecule has 4 nitrogen and oxygen atoms in total. The normalized spacial score (nSPS) is 10.4. The molecule has 2 N–H and O–H groups in total. The molecule has 1 rings (SSSR count). The monoisotopic (exact) mass is 193 g/mol. The third kappa shape index (κ3) is 2.70. The van der Waals surface area contributed by atoms with Gasteiger partial charge in [0.2, 0.25) is 0 Å². The highest BCUT2D eigenvalue weighted by molar-refractivity contribution is 7.10. The molecule has 0 atom stereocenters. The van der Waals surface area contributed by atoms with Crippen LogP contribution in [-0.4, -0.2) is 27.8 Å². The van der Waals surface area contributed by atoms with Crippen molar-refractivity contribution in [2.24, 2.45) is 0 Å². The van der Waals surface area contributed by atoms with Crippen LogP contribution >= 0.6 is 23.1 Å². The number of hydrogen-bond acceptors (Lipinski definition) is 5. The highest BCUT2D eigenvalue weighted by atomic mass is 35.5. The first-order valence-corrected chi connectivity index (χ1v) is 4.28. The van der Waals surface area contributed by atoms with Crippen molar-refractivity contribution < 1.29 is 5.11 Å². The molecule has 0 radical (unpaired) electrons. The molecule has 0 amide bonds. The van der Waals surface area contributed by atoms with Crippen molar-refractivity contribution in [2.45, 2.75) is 6.54 Å². The van der Waals surface area contributed by atoms with Gasteiger partial charge < -0.3 is 10.4 Å². The summed E-state index contributed by atoms with van der Waals surface area (Å²) in [6.45, 7) is 1.24. The van der Waals surface area contributed by atoms with Gasteiger partial charge in [0.05, 0.1) is 6.61 Å². The molecule has 0 fully saturated rings. The van der Waals surface area contributed by atoms with Crippen LogP contribution in [0.5, 0.6) is 0 Å². The number of aliphatic hydroxyl groups excluding tert-OH is 1. The van der Waals surface area contributed by atoms with Gasteiger partial charge in [-0.05, 0) is 0 Å². The fourth-order valence-electron chi connectivity index (χ4n) is 0.588. The van der Waals surface area contributed by atoms with Crippen LogP contribution in [0.3, 0.4) is 0 Å². The maximum Gasteiger partial charge on any atom is 0.138 e. The SMILES string of the molecule is OCCNCc1nnsc1Cl. The lowest BCUT2D eigenvalue weighted by molar-refractivity contribution is 0.291. The zero-order chi connectivity index (χ0) is 8.10. The van der Waals surface area contributed by atoms with Crippen molar-refractivity contribution in [3.8, 4) is 0 Å². The average molecular weight is 194 g/mol. The second kappa shape index (κ2) is 4.61. The maximum absolute atomic E-state index is 8.44. The molecule has 1 aromatic rings. The smallest absolute Gasteiger partial charge is 0.138 e. The minimum absolute atomic E-state index is 0.120. The molecule has 0 aliphatic rings. The lowest BCUT2D eigenvalue weighted by Crippen LogP contribution is -2.17. The standard InChI is InChI=1S/C5H8ClN3OS/c6-5-4(8-9-11-5)3-7-1-2-10/h7,10H,1-3H2. The van der Waals surface area contributed by atoms with E-state index < -0.39 is 0 Å². The summed E-state index contributed by atoms with van der Waals surface area (Å²) in [5, 5.41) is 15.2. The third-order valence-corrected chi connectivity index (χ3v) is 2.07. The van der Waals surface area contributed by atoms with Gasteiger partial charge in [-0.25, -0.2) is 0 Å². The number of aromatic nitrogens is 2. The van der Waals surface area contributed by atoms with Crippen LogP contribution in [0.25, 0.3) is 0 Å². The summed E-state index contributed by atoms with van der Waals surface area (Å²) < 4.78 is 4.26. The molecule has 1 heterocycles. The van der Waals surface area contributed by atoms with E-state index in [-0.39, 0.29) is 6.61 Å². The fourth-order valence-corrected chi connectivity index (χ4v) is 1.21. The summed E-state index contributed by atoms with van der Waals surface area (Å²) in [5.41, 5.74) is 0.741. The Labute approximate surface area is 73.4 Å². The molecule has 1 aromatic heterocycles. The van der Waals surface area contributed by atoms with Crippen molar-refractivity contribution in [2.75, 3.05) is 13.2 Å². The average Bonchev–Trinajstić information content (AvgIpc) is 2.37. The Balaban J connectivity index is 2.32. The van der Waals surface area contributed by atoms with Crippen LogP contribution < -0.4 is 5.32 Å². The van der Waals surface area contributed by atoms with E-state index in [4.69, 9.17) is 16.7 Å². The molecular weight excluding hydrogens is 186 g/mol. The predicted octanol–water partition coefficient (Wildman–Crippen LogP) is 0.273. The number of rotatable bonds is 4. The Hall–Kier alpha value is -0.230. The molecule has 62 valence electrons. The van der Waals surface area contributed by atoms with E-state index in [9.17, 15) is 0 Å². The van der Waals surface area contributed by atoms with Crippen molar-refractivity contribution in [1.82, 2.24) is 14.9 Å². The van der Waals surface area contributed by atoms with Crippen LogP contribution in [-0.2, 0) is 6.54 Å². The first kappa shape index (κ1) is 8.86. The minimum atomic E-state index is 0.120. The Morgan fingerprint density at radius 2 is 2.45 bits per heavy atom. The summed E-state index contributed by atoms with van der Waals surface area (Å²) >= 11 is 6.87. The molecule has 0 aliphatic heterocycles. The maximum atomic E-state index is 8.44. The Bertz CT molecular complexity index is 217. The van der Waals surface area contributed by atoms with E-state index in [0.29, 0.717) is 17.4 Å². The van der Waals surface area contributed by atoms with Crippen molar-refractivity contribution in [3.63, 3.8) is 0 Å². The molecule has 0 saturated heterocycles. The van der Waals surface area contributed by atoms with Crippen molar-refractivity contribution in [1.29, 1.82) is 0 Å². The van der Waals surface area contributed by atoms with Gasteiger partial charge in [-0.15, -0.1) is 5.10 Å². The van der Waals surface area contributed by atoms with Gasteiger partial charge >= 0.3 is 0 Å². The highest BCUT2D eigenvalue weighted by Crippen LogP contribution is 2.16. The lowest BCUT2D eigenvalue weighted by atomic mass is 10.5. The van der Waals surface area contributed by atoms with E-state index in [1.54, 1.807) is 0 Å². The molecule has 0 spiro atoms. The summed E-state index contributed by atoms with van der Waals surface area (Å²) in [7, 11) is 0. The molecule has 6 heteroatoms. The van der Waals surface area contributed by atoms with Gasteiger partial charge in [0.25, 0.3) is 0 Å². The van der Waals surface area contributed by atoms with Gasteiger partial charge in [-0.1, -0.05) is 16.1 Å². The summed E-state index contributed by atoms with van der Waals surface area (Å²) in [6, 6.07) is 0. The number of halogens is 1. The summed E-state index contributed by atoms with van der Waals surface area (Å²) in [4.78, 5) is 0. The number of nitrogens with zero attached hydrogens (tertiary/aromatic N) is 2. The van der Waals surface area contributed by atoms with Crippen molar-refractivity contribution in [3.05, 3.63) is 10.0 Å². The zero-order valence-electron chi connectivity index (χ0n) is 5.75. The molecular formula is C5H8ClN3OS. The molecule has 0 aromatic carbocycles. The van der Waals surface area contributed by atoms with Gasteiger partial charge in [0.15, 0.2) is 0 Å². The third-order valence-electron chi connectivity index (χ3n) is 1.09. The van der Waals surface area contributed by atoms with E-state index in [0.717, 1.165) is 17.2 Å². The predicted molar refractivity (Wildman–Crippen MR) is 43.7 cm³/mol. The van der Waals surface area contributed by atoms with Gasteiger partial charge in [-0.2, -0.15) is 0 Å². The van der Waals surface area contributed by atoms with E-state index >= 15 is 0 Å². The first-order chi connectivity index (χ1) is 5.34. The molecule has 0 unspecified atom stereocenters. The largest absolute Gasteiger partial charge is 0.395 e. The fraction of sp³-hybridized carbons (Fsp3) is 0.600. The highest BCUT2D eigenvalue weighted by Gasteiger charge is 2.02. The first-order valence-electron chi connectivity index (χ1n) is 3.13. The van der Waals surface area contributed by atoms with E-state index in [2.05, 4.69) is 14.9 Å². The van der Waals surface area contributed by atoms with Crippen LogP contribution in [0.1, 0.15) is 5.69 Å². The number of aliphatic hydroxyl groups is 1. The molecule has 11 heavy (non-hydrogen) atoms. The number of hydrogen-bond donors (Lipinski definition) is 2. The van der Waals surface area contributed by atoms with Crippen LogP contribution in [0.2, 0.25) is 4.34 Å². The summed E-state index contributed by atoms with van der Waals surface area (Å²) in [6.07, 6.45) is 0. The quantitative estimate of drug-likeness (QED) is 0.675. The van der Waals surface area contributed by atoms with E-state index in [1.165, 1.54) is 0 Å². The van der Waals surface area contributed by atoms with E-state index in [1.807, 2.05) is 0 Å². The number of nitrogens with one attached hydrogen (secondary N) is 1. The molecule has 0 bridgehead atoms. The Morgan fingerprint density at radius 3 is 3.00 bits per heavy atom. The van der Waals surface area contributed by atoms with Crippen LogP contribution in [0.15, 0.2) is 0 Å². The second-order valence-corrected chi connectivity index (χ2v) is 3.25. The molecule has 0 saturated carbocycles. The Morgan fingerprint density at radius 1 is 1.64 bits per heavy atom. The van der Waals surface area contributed by atoms with Crippen LogP contribution in [0, 0.1) is 0 Å². The van der Waals surface area contributed by atoms with Gasteiger partial charge in [-0.3, -0.25) is 0 Å². The van der Waals surface area contributed by atoms with Crippen molar-refractivity contribution >= 4 is 23.1 Å². The molecule has 0 aliphatic carbocycles. The topological polar surface area (TPSA) is 58.0 Å². The minimum Gasteiger partial charge on any atom is -0.395 e. The van der Waals surface area contributed by atoms with Gasteiger partial charge in [0.1, 0.15) is 10.0 Å².